The number of H-pyrrole nitrogens is 1. The van der Waals surface area contributed by atoms with E-state index in [1.165, 1.54) is 0 Å². The number of aldehydes is 1. The van der Waals surface area contributed by atoms with E-state index in [1.807, 2.05) is 13.8 Å². The van der Waals surface area contributed by atoms with Gasteiger partial charge >= 0.3 is 5.97 Å². The molecule has 1 aromatic heterocycles. The molecule has 0 aliphatic rings. The third kappa shape index (κ3) is 2.15. The van der Waals surface area contributed by atoms with Gasteiger partial charge in [0.05, 0.1) is 12.3 Å². The molecule has 4 heteroatoms. The number of ether oxygens (including phenoxy) is 1. The first kappa shape index (κ1) is 12.5. The van der Waals surface area contributed by atoms with Gasteiger partial charge in [-0.1, -0.05) is 13.8 Å². The lowest BCUT2D eigenvalue weighted by Crippen LogP contribution is -2.08. The number of aromatic amines is 1. The summed E-state index contributed by atoms with van der Waals surface area (Å²) in [7, 11) is 0. The molecule has 1 aromatic rings. The molecule has 4 nitrogen and oxygen atoms in total. The summed E-state index contributed by atoms with van der Waals surface area (Å²) in [5.41, 5.74) is 2.72. The van der Waals surface area contributed by atoms with Crippen LogP contribution in [0.15, 0.2) is 0 Å². The van der Waals surface area contributed by atoms with E-state index >= 15 is 0 Å². The molecule has 0 aliphatic heterocycles. The van der Waals surface area contributed by atoms with Crippen molar-refractivity contribution >= 4 is 12.3 Å². The first-order valence-corrected chi connectivity index (χ1v) is 5.55. The molecule has 88 valence electrons. The van der Waals surface area contributed by atoms with E-state index in [9.17, 15) is 9.59 Å². The Hall–Kier alpha value is -1.58. The molecule has 16 heavy (non-hydrogen) atoms. The van der Waals surface area contributed by atoms with E-state index in [-0.39, 0.29) is 5.97 Å². The molecule has 0 aromatic carbocycles. The topological polar surface area (TPSA) is 59.2 Å². The molecule has 0 fully saturated rings. The van der Waals surface area contributed by atoms with Gasteiger partial charge in [0.1, 0.15) is 5.69 Å². The van der Waals surface area contributed by atoms with Gasteiger partial charge in [-0.2, -0.15) is 0 Å². The fourth-order valence-corrected chi connectivity index (χ4v) is 1.87. The Labute approximate surface area is 95.0 Å². The molecular weight excluding hydrogens is 206 g/mol. The van der Waals surface area contributed by atoms with Crippen molar-refractivity contribution in [3.63, 3.8) is 0 Å². The van der Waals surface area contributed by atoms with Crippen molar-refractivity contribution in [3.8, 4) is 0 Å². The second kappa shape index (κ2) is 5.49. The van der Waals surface area contributed by atoms with Crippen molar-refractivity contribution < 1.29 is 14.3 Å². The molecule has 1 rings (SSSR count). The summed E-state index contributed by atoms with van der Waals surface area (Å²) >= 11 is 0. The van der Waals surface area contributed by atoms with Crippen LogP contribution in [-0.4, -0.2) is 23.8 Å². The van der Waals surface area contributed by atoms with Crippen LogP contribution in [0.3, 0.4) is 0 Å². The molecule has 0 atom stereocenters. The molecule has 0 unspecified atom stereocenters. The molecule has 0 amide bonds. The highest BCUT2D eigenvalue weighted by Crippen LogP contribution is 2.20. The zero-order valence-corrected chi connectivity index (χ0v) is 9.92. The van der Waals surface area contributed by atoms with Gasteiger partial charge in [-0.15, -0.1) is 0 Å². The van der Waals surface area contributed by atoms with Crippen molar-refractivity contribution in [2.24, 2.45) is 0 Å². The Morgan fingerprint density at radius 2 is 1.88 bits per heavy atom. The van der Waals surface area contributed by atoms with Gasteiger partial charge in [-0.05, 0) is 30.9 Å². The minimum absolute atomic E-state index is 0.332. The Kier molecular flexibility index (Phi) is 4.28. The van der Waals surface area contributed by atoms with Crippen molar-refractivity contribution in [3.05, 3.63) is 22.5 Å². The predicted octanol–water partition coefficient (Wildman–Crippen LogP) is 2.13. The standard InChI is InChI=1S/C12H17NO3/c1-4-8-9(5-2)11(12(15)16-6-3)13-10(8)7-14/h7,13H,4-6H2,1-3H3. The van der Waals surface area contributed by atoms with E-state index in [2.05, 4.69) is 4.98 Å². The monoisotopic (exact) mass is 223 g/mol. The summed E-state index contributed by atoms with van der Waals surface area (Å²) < 4.78 is 4.94. The van der Waals surface area contributed by atoms with E-state index in [0.29, 0.717) is 24.4 Å². The highest BCUT2D eigenvalue weighted by molar-refractivity contribution is 5.92. The van der Waals surface area contributed by atoms with E-state index in [0.717, 1.165) is 23.8 Å². The minimum atomic E-state index is -0.387. The van der Waals surface area contributed by atoms with E-state index in [1.54, 1.807) is 6.92 Å². The number of esters is 1. The number of carbonyl (C=O) groups is 2. The number of nitrogens with one attached hydrogen (secondary N) is 1. The Morgan fingerprint density at radius 1 is 1.25 bits per heavy atom. The first-order chi connectivity index (χ1) is 7.69. The van der Waals surface area contributed by atoms with Crippen LogP contribution in [-0.2, 0) is 17.6 Å². The minimum Gasteiger partial charge on any atom is -0.461 e. The van der Waals surface area contributed by atoms with E-state index < -0.39 is 0 Å². The van der Waals surface area contributed by atoms with Crippen LogP contribution in [0.1, 0.15) is 52.9 Å². The molecule has 0 radical (unpaired) electrons. The second-order valence-corrected chi connectivity index (χ2v) is 3.42. The number of carbonyl (C=O) groups excluding carboxylic acids is 2. The fraction of sp³-hybridized carbons (Fsp3) is 0.500. The number of rotatable bonds is 5. The van der Waals surface area contributed by atoms with Crippen molar-refractivity contribution in [1.82, 2.24) is 4.98 Å². The number of hydrogen-bond acceptors (Lipinski definition) is 3. The maximum Gasteiger partial charge on any atom is 0.355 e. The van der Waals surface area contributed by atoms with Crippen LogP contribution >= 0.6 is 0 Å². The maximum atomic E-state index is 11.7. The van der Waals surface area contributed by atoms with Crippen LogP contribution in [0, 0.1) is 0 Å². The number of hydrogen-bond donors (Lipinski definition) is 1. The molecule has 0 saturated heterocycles. The predicted molar refractivity (Wildman–Crippen MR) is 60.9 cm³/mol. The van der Waals surface area contributed by atoms with Gasteiger partial charge in [-0.3, -0.25) is 4.79 Å². The van der Waals surface area contributed by atoms with Crippen molar-refractivity contribution in [2.45, 2.75) is 33.6 Å². The first-order valence-electron chi connectivity index (χ1n) is 5.55. The van der Waals surface area contributed by atoms with Gasteiger partial charge in [0.25, 0.3) is 0 Å². The van der Waals surface area contributed by atoms with Gasteiger partial charge in [0, 0.05) is 0 Å². The zero-order valence-electron chi connectivity index (χ0n) is 9.92. The second-order valence-electron chi connectivity index (χ2n) is 3.42. The van der Waals surface area contributed by atoms with Gasteiger partial charge in [0.15, 0.2) is 6.29 Å². The molecule has 0 aliphatic carbocycles. The van der Waals surface area contributed by atoms with Crippen LogP contribution < -0.4 is 0 Å². The lowest BCUT2D eigenvalue weighted by Gasteiger charge is -2.03. The molecule has 0 spiro atoms. The van der Waals surface area contributed by atoms with Gasteiger partial charge in [0.2, 0.25) is 0 Å². The third-order valence-electron chi connectivity index (χ3n) is 2.56. The average Bonchev–Trinajstić information content (AvgIpc) is 2.66. The highest BCUT2D eigenvalue weighted by atomic mass is 16.5. The van der Waals surface area contributed by atoms with Crippen LogP contribution in [0.4, 0.5) is 0 Å². The number of aromatic nitrogens is 1. The summed E-state index contributed by atoms with van der Waals surface area (Å²) in [4.78, 5) is 25.4. The summed E-state index contributed by atoms with van der Waals surface area (Å²) in [6.07, 6.45) is 2.19. The molecule has 1 heterocycles. The smallest absolute Gasteiger partial charge is 0.355 e. The SMILES string of the molecule is CCOC(=O)c1[nH]c(C=O)c(CC)c1CC. The normalized spacial score (nSPS) is 10.2. The largest absolute Gasteiger partial charge is 0.461 e. The third-order valence-corrected chi connectivity index (χ3v) is 2.56. The van der Waals surface area contributed by atoms with Crippen molar-refractivity contribution in [1.29, 1.82) is 0 Å². The Bertz CT molecular complexity index is 393. The molecule has 1 N–H and O–H groups in total. The van der Waals surface area contributed by atoms with Crippen LogP contribution in [0.5, 0.6) is 0 Å². The summed E-state index contributed by atoms with van der Waals surface area (Å²) in [5.74, 6) is -0.387. The highest BCUT2D eigenvalue weighted by Gasteiger charge is 2.20. The van der Waals surface area contributed by atoms with Gasteiger partial charge in [-0.25, -0.2) is 4.79 Å². The Morgan fingerprint density at radius 3 is 2.31 bits per heavy atom. The Balaban J connectivity index is 3.23. The maximum absolute atomic E-state index is 11.7. The summed E-state index contributed by atoms with van der Waals surface area (Å²) in [5, 5.41) is 0. The average molecular weight is 223 g/mol. The van der Waals surface area contributed by atoms with Crippen LogP contribution in [0.25, 0.3) is 0 Å². The van der Waals surface area contributed by atoms with E-state index in [4.69, 9.17) is 4.74 Å². The lowest BCUT2D eigenvalue weighted by molar-refractivity contribution is 0.0519. The summed E-state index contributed by atoms with van der Waals surface area (Å²) in [6.45, 7) is 6.01. The zero-order chi connectivity index (χ0) is 12.1. The fourth-order valence-electron chi connectivity index (χ4n) is 1.87. The van der Waals surface area contributed by atoms with Gasteiger partial charge < -0.3 is 9.72 Å². The quantitative estimate of drug-likeness (QED) is 0.614. The molecular formula is C12H17NO3. The van der Waals surface area contributed by atoms with Crippen molar-refractivity contribution in [2.75, 3.05) is 6.61 Å². The lowest BCUT2D eigenvalue weighted by atomic mass is 10.0. The van der Waals surface area contributed by atoms with Crippen LogP contribution in [0.2, 0.25) is 0 Å². The summed E-state index contributed by atoms with van der Waals surface area (Å²) in [6, 6.07) is 0. The molecule has 0 bridgehead atoms. The molecule has 0 saturated carbocycles.